The Morgan fingerprint density at radius 3 is 2.70 bits per heavy atom. The third-order valence-corrected chi connectivity index (χ3v) is 3.14. The van der Waals surface area contributed by atoms with Crippen LogP contribution in [0.5, 0.6) is 0 Å². The second kappa shape index (κ2) is 7.60. The van der Waals surface area contributed by atoms with Gasteiger partial charge in [0.2, 0.25) is 0 Å². The van der Waals surface area contributed by atoms with Crippen LogP contribution in [0.4, 0.5) is 5.82 Å². The highest BCUT2D eigenvalue weighted by Gasteiger charge is 2.08. The van der Waals surface area contributed by atoms with Crippen molar-refractivity contribution in [3.63, 3.8) is 0 Å². The van der Waals surface area contributed by atoms with Gasteiger partial charge in [-0.2, -0.15) is 0 Å². The van der Waals surface area contributed by atoms with Gasteiger partial charge >= 0.3 is 0 Å². The third kappa shape index (κ3) is 4.03. The zero-order valence-electron chi connectivity index (χ0n) is 12.2. The van der Waals surface area contributed by atoms with Crippen LogP contribution in [0.3, 0.4) is 0 Å². The van der Waals surface area contributed by atoms with Crippen LogP contribution in [0, 0.1) is 0 Å². The molecule has 0 atom stereocenters. The van der Waals surface area contributed by atoms with Gasteiger partial charge in [0.25, 0.3) is 0 Å². The van der Waals surface area contributed by atoms with Gasteiger partial charge in [-0.25, -0.2) is 4.98 Å². The molecule has 1 N–H and O–H groups in total. The van der Waals surface area contributed by atoms with Crippen molar-refractivity contribution in [1.29, 1.82) is 0 Å². The summed E-state index contributed by atoms with van der Waals surface area (Å²) in [6, 6.07) is 8.20. The van der Waals surface area contributed by atoms with Crippen LogP contribution in [0.25, 0.3) is 0 Å². The number of rotatable bonds is 7. The molecule has 0 aliphatic carbocycles. The minimum Gasteiger partial charge on any atom is -0.355 e. The maximum absolute atomic E-state index is 4.52. The molecular formula is C16H22N4. The molecule has 106 valence electrons. The molecule has 0 saturated heterocycles. The SMILES string of the molecule is CCCNCc1cccnc1N(C)Cc1ccncc1. The van der Waals surface area contributed by atoms with Crippen LogP contribution < -0.4 is 10.2 Å². The molecular weight excluding hydrogens is 248 g/mol. The van der Waals surface area contributed by atoms with Crippen LogP contribution in [-0.4, -0.2) is 23.6 Å². The Kier molecular flexibility index (Phi) is 5.50. The van der Waals surface area contributed by atoms with Gasteiger partial charge in [-0.05, 0) is 36.7 Å². The predicted octanol–water partition coefficient (Wildman–Crippen LogP) is 2.61. The minimum absolute atomic E-state index is 0.834. The largest absolute Gasteiger partial charge is 0.355 e. The molecule has 0 saturated carbocycles. The summed E-state index contributed by atoms with van der Waals surface area (Å²) in [5.74, 6) is 1.04. The smallest absolute Gasteiger partial charge is 0.133 e. The Morgan fingerprint density at radius 1 is 1.15 bits per heavy atom. The average molecular weight is 270 g/mol. The molecule has 0 aromatic carbocycles. The van der Waals surface area contributed by atoms with Crippen molar-refractivity contribution in [1.82, 2.24) is 15.3 Å². The summed E-state index contributed by atoms with van der Waals surface area (Å²) in [6.07, 6.45) is 6.64. The molecule has 20 heavy (non-hydrogen) atoms. The molecule has 0 aliphatic rings. The Bertz CT molecular complexity index is 513. The second-order valence-electron chi connectivity index (χ2n) is 4.87. The molecule has 0 amide bonds. The topological polar surface area (TPSA) is 41.1 Å². The summed E-state index contributed by atoms with van der Waals surface area (Å²) >= 11 is 0. The van der Waals surface area contributed by atoms with E-state index in [0.717, 1.165) is 31.9 Å². The van der Waals surface area contributed by atoms with Gasteiger partial charge < -0.3 is 10.2 Å². The van der Waals surface area contributed by atoms with E-state index in [9.17, 15) is 0 Å². The summed E-state index contributed by atoms with van der Waals surface area (Å²) in [4.78, 5) is 10.8. The average Bonchev–Trinajstić information content (AvgIpc) is 2.49. The third-order valence-electron chi connectivity index (χ3n) is 3.14. The van der Waals surface area contributed by atoms with E-state index in [1.54, 1.807) is 0 Å². The van der Waals surface area contributed by atoms with Gasteiger partial charge in [-0.3, -0.25) is 4.98 Å². The van der Waals surface area contributed by atoms with Crippen LogP contribution in [0.2, 0.25) is 0 Å². The Morgan fingerprint density at radius 2 is 1.95 bits per heavy atom. The number of hydrogen-bond donors (Lipinski definition) is 1. The zero-order valence-corrected chi connectivity index (χ0v) is 12.2. The Labute approximate surface area is 120 Å². The lowest BCUT2D eigenvalue weighted by Crippen LogP contribution is -2.22. The molecule has 0 bridgehead atoms. The van der Waals surface area contributed by atoms with Gasteiger partial charge in [0.15, 0.2) is 0 Å². The lowest BCUT2D eigenvalue weighted by molar-refractivity contribution is 0.671. The van der Waals surface area contributed by atoms with Crippen LogP contribution in [-0.2, 0) is 13.1 Å². The quantitative estimate of drug-likeness (QED) is 0.785. The van der Waals surface area contributed by atoms with Crippen molar-refractivity contribution in [3.8, 4) is 0 Å². The second-order valence-corrected chi connectivity index (χ2v) is 4.87. The van der Waals surface area contributed by atoms with E-state index in [4.69, 9.17) is 0 Å². The number of hydrogen-bond acceptors (Lipinski definition) is 4. The molecule has 2 rings (SSSR count). The standard InChI is InChI=1S/C16H22N4/c1-3-8-18-12-15-5-4-9-19-16(15)20(2)13-14-6-10-17-11-7-14/h4-7,9-11,18H,3,8,12-13H2,1-2H3. The van der Waals surface area contributed by atoms with E-state index in [-0.39, 0.29) is 0 Å². The fraction of sp³-hybridized carbons (Fsp3) is 0.375. The molecule has 0 aliphatic heterocycles. The van der Waals surface area contributed by atoms with E-state index in [1.807, 2.05) is 36.8 Å². The number of aromatic nitrogens is 2. The first-order valence-corrected chi connectivity index (χ1v) is 7.06. The number of pyridine rings is 2. The van der Waals surface area contributed by atoms with Crippen molar-refractivity contribution >= 4 is 5.82 Å². The highest BCUT2D eigenvalue weighted by atomic mass is 15.2. The van der Waals surface area contributed by atoms with Crippen molar-refractivity contribution < 1.29 is 0 Å². The van der Waals surface area contributed by atoms with E-state index < -0.39 is 0 Å². The van der Waals surface area contributed by atoms with Crippen molar-refractivity contribution in [2.75, 3.05) is 18.5 Å². The molecule has 4 heteroatoms. The van der Waals surface area contributed by atoms with Crippen molar-refractivity contribution in [2.24, 2.45) is 0 Å². The monoisotopic (exact) mass is 270 g/mol. The molecule has 0 fully saturated rings. The Hall–Kier alpha value is -1.94. The first-order valence-electron chi connectivity index (χ1n) is 7.06. The maximum atomic E-state index is 4.52. The molecule has 4 nitrogen and oxygen atoms in total. The van der Waals surface area contributed by atoms with Crippen LogP contribution >= 0.6 is 0 Å². The van der Waals surface area contributed by atoms with Gasteiger partial charge in [-0.15, -0.1) is 0 Å². The van der Waals surface area contributed by atoms with Crippen molar-refractivity contribution in [2.45, 2.75) is 26.4 Å². The fourth-order valence-electron chi connectivity index (χ4n) is 2.15. The normalized spacial score (nSPS) is 10.5. The highest BCUT2D eigenvalue weighted by Crippen LogP contribution is 2.17. The van der Waals surface area contributed by atoms with Crippen LogP contribution in [0.1, 0.15) is 24.5 Å². The van der Waals surface area contributed by atoms with E-state index in [0.29, 0.717) is 0 Å². The summed E-state index contributed by atoms with van der Waals surface area (Å²) in [7, 11) is 2.08. The van der Waals surface area contributed by atoms with Gasteiger partial charge in [-0.1, -0.05) is 13.0 Å². The summed E-state index contributed by atoms with van der Waals surface area (Å²) in [5, 5.41) is 3.43. The summed E-state index contributed by atoms with van der Waals surface area (Å²) in [6.45, 7) is 4.90. The first kappa shape index (κ1) is 14.5. The van der Waals surface area contributed by atoms with Gasteiger partial charge in [0, 0.05) is 44.3 Å². The number of anilines is 1. The lowest BCUT2D eigenvalue weighted by Gasteiger charge is -2.21. The van der Waals surface area contributed by atoms with E-state index in [1.165, 1.54) is 11.1 Å². The van der Waals surface area contributed by atoms with Gasteiger partial charge in [0.1, 0.15) is 5.82 Å². The number of nitrogens with one attached hydrogen (secondary N) is 1. The Balaban J connectivity index is 2.07. The molecule has 0 spiro atoms. The lowest BCUT2D eigenvalue weighted by atomic mass is 10.2. The van der Waals surface area contributed by atoms with Gasteiger partial charge in [0.05, 0.1) is 0 Å². The molecule has 2 heterocycles. The van der Waals surface area contributed by atoms with Crippen molar-refractivity contribution in [3.05, 3.63) is 54.0 Å². The highest BCUT2D eigenvalue weighted by molar-refractivity contribution is 5.46. The zero-order chi connectivity index (χ0) is 14.2. The maximum Gasteiger partial charge on any atom is 0.133 e. The molecule has 2 aromatic rings. The van der Waals surface area contributed by atoms with E-state index in [2.05, 4.69) is 40.2 Å². The summed E-state index contributed by atoms with van der Waals surface area (Å²) < 4.78 is 0. The fourth-order valence-corrected chi connectivity index (χ4v) is 2.15. The predicted molar refractivity (Wildman–Crippen MR) is 82.6 cm³/mol. The molecule has 2 aromatic heterocycles. The minimum atomic E-state index is 0.834. The number of nitrogens with zero attached hydrogens (tertiary/aromatic N) is 3. The van der Waals surface area contributed by atoms with Crippen LogP contribution in [0.15, 0.2) is 42.9 Å². The molecule has 0 unspecified atom stereocenters. The first-order chi connectivity index (χ1) is 9.81. The van der Waals surface area contributed by atoms with E-state index >= 15 is 0 Å². The summed E-state index contributed by atoms with van der Waals surface area (Å²) in [5.41, 5.74) is 2.47. The molecule has 0 radical (unpaired) electrons.